The summed E-state index contributed by atoms with van der Waals surface area (Å²) in [5.41, 5.74) is 2.18. The third kappa shape index (κ3) is 13.3. The van der Waals surface area contributed by atoms with E-state index in [0.717, 1.165) is 11.1 Å². The van der Waals surface area contributed by atoms with Gasteiger partial charge in [0.05, 0.1) is 18.0 Å². The summed E-state index contributed by atoms with van der Waals surface area (Å²) < 4.78 is 10.1. The molecule has 0 radical (unpaired) electrons. The summed E-state index contributed by atoms with van der Waals surface area (Å²) in [5, 5.41) is 0. The van der Waals surface area contributed by atoms with Crippen LogP contribution in [0.3, 0.4) is 0 Å². The average Bonchev–Trinajstić information content (AvgIpc) is 3.54. The number of halogens is 3. The van der Waals surface area contributed by atoms with Crippen molar-refractivity contribution >= 4 is 53.1 Å². The van der Waals surface area contributed by atoms with Crippen LogP contribution in [0.5, 0.6) is 0 Å². The van der Waals surface area contributed by atoms with Crippen molar-refractivity contribution in [3.8, 4) is 0 Å². The molecule has 2 aromatic carbocycles. The van der Waals surface area contributed by atoms with Gasteiger partial charge in [0, 0.05) is 5.92 Å². The minimum Gasteiger partial charge on any atom is -0.693 e. The molecule has 2 fully saturated rings. The van der Waals surface area contributed by atoms with Gasteiger partial charge in [0.1, 0.15) is 13.2 Å². The first-order valence-electron chi connectivity index (χ1n) is 14.0. The summed E-state index contributed by atoms with van der Waals surface area (Å²) >= 11 is -1.66. The van der Waals surface area contributed by atoms with Crippen molar-refractivity contribution in [3.05, 3.63) is 103 Å². The number of allylic oxidation sites excluding steroid dienone is 2. The van der Waals surface area contributed by atoms with Crippen LogP contribution in [0.1, 0.15) is 38.3 Å². The third-order valence-electron chi connectivity index (χ3n) is 6.84. The molecule has 9 nitrogen and oxygen atoms in total. The van der Waals surface area contributed by atoms with Gasteiger partial charge in [-0.05, 0) is 37.3 Å². The van der Waals surface area contributed by atoms with E-state index in [4.69, 9.17) is 38.5 Å². The maximum absolute atomic E-state index is 12.3. The number of cyclic esters (lactones) is 2. The summed E-state index contributed by atoms with van der Waals surface area (Å²) in [5.74, 6) is -0.958. The molecule has 4 rings (SSSR count). The molecule has 0 unspecified atom stereocenters. The fourth-order valence-corrected chi connectivity index (χ4v) is 4.71. The van der Waals surface area contributed by atoms with E-state index in [2.05, 4.69) is 6.58 Å². The average molecular weight is 772 g/mol. The molecule has 0 aromatic heterocycles. The summed E-state index contributed by atoms with van der Waals surface area (Å²) in [7, 11) is 14.8. The maximum atomic E-state index is 12.3. The van der Waals surface area contributed by atoms with E-state index < -0.39 is 25.2 Å². The molecular formula is C32H40Cl3N3O6Rh-. The van der Waals surface area contributed by atoms with Crippen molar-refractivity contribution < 1.29 is 41.6 Å². The molecule has 2 N–H and O–H groups in total. The number of nitrogens with zero attached hydrogens (tertiary/aromatic N) is 2. The Morgan fingerprint density at radius 2 is 1.27 bits per heavy atom. The SMILES string of the molecule is C/C=C/[C@H](C)C(=O)N1C(=O)OC[C@H]1Cc1ccccc1.C=CC[C@H](C)C(=O)N1C(=O)OC[C@H]1Cc1ccccc1.[Cl][Rh]([Cl])[Cl].[NH2-]. The van der Waals surface area contributed by atoms with Crippen molar-refractivity contribution in [3.63, 3.8) is 0 Å². The van der Waals surface area contributed by atoms with Crippen molar-refractivity contribution in [2.75, 3.05) is 13.2 Å². The summed E-state index contributed by atoms with van der Waals surface area (Å²) in [4.78, 5) is 50.7. The van der Waals surface area contributed by atoms with E-state index in [1.807, 2.05) is 73.7 Å². The minimum atomic E-state index is -1.66. The van der Waals surface area contributed by atoms with Crippen LogP contribution in [0.25, 0.3) is 6.15 Å². The maximum Gasteiger partial charge on any atom is -0.693 e. The van der Waals surface area contributed by atoms with Crippen LogP contribution in [0.2, 0.25) is 0 Å². The molecule has 2 heterocycles. The van der Waals surface area contributed by atoms with Crippen LogP contribution < -0.4 is 0 Å². The van der Waals surface area contributed by atoms with Gasteiger partial charge in [0.25, 0.3) is 0 Å². The normalized spacial score (nSPS) is 18.7. The van der Waals surface area contributed by atoms with Crippen LogP contribution in [0.15, 0.2) is 85.5 Å². The number of rotatable bonds is 9. The quantitative estimate of drug-likeness (QED) is 0.186. The second-order valence-corrected chi connectivity index (χ2v) is 17.6. The zero-order chi connectivity index (χ0) is 32.6. The molecule has 2 aromatic rings. The standard InChI is InChI=1S/2C16H19NO3.3ClH.H2N.Rh/c2*1-3-7-12(2)15(18)17-14(11-20-16(17)19)10-13-8-5-4-6-9-13;;;;;/h3-9,12,14H,10-11H2,1-2H3;3-6,8-9,12,14H,1,7,10-11H2,2H3;3*1H;1H2;/q;;;;;-1;+3/p-3/b7-3+;;;;;;/t2*12-,14+;;;;;/m00...../s1. The number of nitrogens with two attached hydrogens (primary N) is 1. The molecular weight excluding hydrogens is 732 g/mol. The number of carbonyl (C=O) groups excluding carboxylic acids is 4. The molecule has 4 atom stereocenters. The van der Waals surface area contributed by atoms with Crippen LogP contribution >= 0.6 is 29.1 Å². The van der Waals surface area contributed by atoms with E-state index >= 15 is 0 Å². The molecule has 250 valence electrons. The van der Waals surface area contributed by atoms with Crippen molar-refractivity contribution in [2.45, 2.75) is 52.1 Å². The molecule has 45 heavy (non-hydrogen) atoms. The van der Waals surface area contributed by atoms with Gasteiger partial charge in [-0.15, -0.1) is 6.58 Å². The van der Waals surface area contributed by atoms with Crippen molar-refractivity contribution in [2.24, 2.45) is 11.8 Å². The molecule has 0 saturated carbocycles. The van der Waals surface area contributed by atoms with E-state index in [0.29, 0.717) is 19.3 Å². The molecule has 2 aliphatic rings. The Morgan fingerprint density at radius 1 is 0.867 bits per heavy atom. The van der Waals surface area contributed by atoms with E-state index in [1.165, 1.54) is 9.80 Å². The summed E-state index contributed by atoms with van der Waals surface area (Å²) in [6.07, 6.45) is 6.03. The number of carbonyl (C=O) groups is 4. The van der Waals surface area contributed by atoms with E-state index in [9.17, 15) is 19.2 Å². The van der Waals surface area contributed by atoms with Crippen molar-refractivity contribution in [1.82, 2.24) is 9.80 Å². The Bertz CT molecular complexity index is 1270. The second-order valence-electron chi connectivity index (χ2n) is 10.1. The fraction of sp³-hybridized carbons (Fsp3) is 0.375. The first kappa shape index (κ1) is 40.3. The molecule has 0 bridgehead atoms. The number of amides is 4. The summed E-state index contributed by atoms with van der Waals surface area (Å²) in [6, 6.07) is 19.2. The smallest absolute Gasteiger partial charge is 0.693 e. The Morgan fingerprint density at radius 3 is 1.64 bits per heavy atom. The van der Waals surface area contributed by atoms with Gasteiger partial charge >= 0.3 is 54.2 Å². The third-order valence-corrected chi connectivity index (χ3v) is 6.84. The molecule has 0 aliphatic carbocycles. The van der Waals surface area contributed by atoms with Crippen molar-refractivity contribution in [1.29, 1.82) is 0 Å². The first-order chi connectivity index (χ1) is 21.0. The zero-order valence-corrected chi connectivity index (χ0v) is 29.4. The predicted octanol–water partition coefficient (Wildman–Crippen LogP) is 8.36. The van der Waals surface area contributed by atoms with Gasteiger partial charge in [-0.25, -0.2) is 19.4 Å². The van der Waals surface area contributed by atoms with Gasteiger partial charge in [-0.1, -0.05) is 92.7 Å². The Hall–Kier alpha value is -2.75. The topological polar surface area (TPSA) is 127 Å². The van der Waals surface area contributed by atoms with Crippen LogP contribution in [-0.2, 0) is 44.9 Å². The monoisotopic (exact) mass is 770 g/mol. The van der Waals surface area contributed by atoms with E-state index in [-0.39, 0.29) is 55.1 Å². The largest absolute Gasteiger partial charge is 0.693 e. The number of hydrogen-bond acceptors (Lipinski definition) is 6. The molecule has 13 heteroatoms. The first-order valence-corrected chi connectivity index (χ1v) is 20.3. The Balaban J connectivity index is 0.000000394. The molecule has 2 aliphatic heterocycles. The number of imide groups is 2. The second kappa shape index (κ2) is 21.1. The van der Waals surface area contributed by atoms with Crippen LogP contribution in [0.4, 0.5) is 9.59 Å². The minimum absolute atomic E-state index is 0. The van der Waals surface area contributed by atoms with Crippen LogP contribution in [-0.4, -0.2) is 59.1 Å². The Labute approximate surface area is 283 Å². The molecule has 2 saturated heterocycles. The fourth-order valence-electron chi connectivity index (χ4n) is 4.71. The van der Waals surface area contributed by atoms with Gasteiger partial charge in [0.2, 0.25) is 11.8 Å². The van der Waals surface area contributed by atoms with Gasteiger partial charge in [-0.2, -0.15) is 0 Å². The predicted molar refractivity (Wildman–Crippen MR) is 175 cm³/mol. The Kier molecular flexibility index (Phi) is 18.9. The van der Waals surface area contributed by atoms with Gasteiger partial charge in [-0.3, -0.25) is 9.59 Å². The van der Waals surface area contributed by atoms with Gasteiger partial charge < -0.3 is 15.6 Å². The van der Waals surface area contributed by atoms with Gasteiger partial charge in [0.15, 0.2) is 0 Å². The zero-order valence-electron chi connectivity index (χ0n) is 25.4. The number of hydrogen-bond donors (Lipinski definition) is 0. The number of ether oxygens (including phenoxy) is 2. The summed E-state index contributed by atoms with van der Waals surface area (Å²) in [6.45, 7) is 9.60. The number of benzene rings is 2. The molecule has 4 amide bonds. The van der Waals surface area contributed by atoms with E-state index in [1.54, 1.807) is 26.0 Å². The van der Waals surface area contributed by atoms with Crippen LogP contribution in [0, 0.1) is 11.8 Å². The molecule has 0 spiro atoms.